The molecule has 0 aliphatic rings. The zero-order valence-electron chi connectivity index (χ0n) is 14.7. The van der Waals surface area contributed by atoms with Gasteiger partial charge in [-0.1, -0.05) is 12.1 Å². The lowest BCUT2D eigenvalue weighted by molar-refractivity contribution is 0.0599. The highest BCUT2D eigenvalue weighted by Crippen LogP contribution is 2.22. The molecule has 9 heteroatoms. The predicted octanol–water partition coefficient (Wildman–Crippen LogP) is 2.87. The van der Waals surface area contributed by atoms with Gasteiger partial charge in [-0.05, 0) is 29.8 Å². The van der Waals surface area contributed by atoms with Gasteiger partial charge in [0.05, 0.1) is 18.2 Å². The molecule has 0 unspecified atom stereocenters. The maximum absolute atomic E-state index is 12.2. The molecule has 0 aliphatic carbocycles. The van der Waals surface area contributed by atoms with E-state index in [0.717, 1.165) is 10.4 Å². The van der Waals surface area contributed by atoms with Crippen molar-refractivity contribution >= 4 is 34.3 Å². The zero-order valence-corrected chi connectivity index (χ0v) is 15.5. The van der Waals surface area contributed by atoms with Crippen molar-refractivity contribution in [3.63, 3.8) is 0 Å². The SMILES string of the molecule is COC(=O)c1cccc(Cc2cnc(NC(=O)c3ccc(C(=O)O)nc3)s2)c1. The first-order chi connectivity index (χ1) is 13.5. The molecule has 2 N–H and O–H groups in total. The number of amides is 1. The van der Waals surface area contributed by atoms with E-state index in [-0.39, 0.29) is 11.3 Å². The first-order valence-corrected chi connectivity index (χ1v) is 8.90. The van der Waals surface area contributed by atoms with Crippen molar-refractivity contribution < 1.29 is 24.2 Å². The van der Waals surface area contributed by atoms with E-state index in [9.17, 15) is 14.4 Å². The monoisotopic (exact) mass is 397 g/mol. The molecule has 142 valence electrons. The van der Waals surface area contributed by atoms with Crippen molar-refractivity contribution in [2.24, 2.45) is 0 Å². The zero-order chi connectivity index (χ0) is 20.1. The molecule has 3 rings (SSSR count). The third-order valence-electron chi connectivity index (χ3n) is 3.75. The highest BCUT2D eigenvalue weighted by molar-refractivity contribution is 7.15. The van der Waals surface area contributed by atoms with E-state index in [4.69, 9.17) is 9.84 Å². The van der Waals surface area contributed by atoms with Crippen LogP contribution in [0.3, 0.4) is 0 Å². The molecule has 2 aromatic heterocycles. The van der Waals surface area contributed by atoms with E-state index in [2.05, 4.69) is 15.3 Å². The van der Waals surface area contributed by atoms with Gasteiger partial charge in [-0.25, -0.2) is 19.6 Å². The van der Waals surface area contributed by atoms with Gasteiger partial charge in [0.1, 0.15) is 5.69 Å². The van der Waals surface area contributed by atoms with Gasteiger partial charge in [-0.15, -0.1) is 11.3 Å². The molecule has 0 bridgehead atoms. The van der Waals surface area contributed by atoms with Gasteiger partial charge < -0.3 is 9.84 Å². The Morgan fingerprint density at radius 1 is 1.11 bits per heavy atom. The highest BCUT2D eigenvalue weighted by Gasteiger charge is 2.12. The Bertz CT molecular complexity index is 1030. The summed E-state index contributed by atoms with van der Waals surface area (Å²) in [4.78, 5) is 43.4. The number of carbonyl (C=O) groups excluding carboxylic acids is 2. The molecule has 0 saturated carbocycles. The number of carboxylic acid groups (broad SMARTS) is 1. The number of carbonyl (C=O) groups is 3. The normalized spacial score (nSPS) is 10.3. The molecule has 1 aromatic carbocycles. The summed E-state index contributed by atoms with van der Waals surface area (Å²) in [5.41, 5.74) is 1.48. The Morgan fingerprint density at radius 3 is 2.61 bits per heavy atom. The summed E-state index contributed by atoms with van der Waals surface area (Å²) in [7, 11) is 1.33. The number of ether oxygens (including phenoxy) is 1. The summed E-state index contributed by atoms with van der Waals surface area (Å²) in [5, 5.41) is 11.9. The summed E-state index contributed by atoms with van der Waals surface area (Å²) in [6.07, 6.45) is 3.40. The Kier molecular flexibility index (Phi) is 5.75. The number of aromatic carboxylic acids is 1. The van der Waals surface area contributed by atoms with E-state index in [0.29, 0.717) is 17.1 Å². The number of nitrogens with zero attached hydrogens (tertiary/aromatic N) is 2. The molecular formula is C19H15N3O5S. The van der Waals surface area contributed by atoms with Crippen molar-refractivity contribution in [3.05, 3.63) is 76.1 Å². The average molecular weight is 397 g/mol. The first kappa shape index (κ1) is 19.2. The van der Waals surface area contributed by atoms with Crippen LogP contribution in [0.15, 0.2) is 48.8 Å². The summed E-state index contributed by atoms with van der Waals surface area (Å²) < 4.78 is 4.72. The van der Waals surface area contributed by atoms with Crippen LogP contribution in [0.5, 0.6) is 0 Å². The van der Waals surface area contributed by atoms with Crippen molar-refractivity contribution in [3.8, 4) is 0 Å². The maximum atomic E-state index is 12.2. The second kappa shape index (κ2) is 8.40. The molecule has 2 heterocycles. The molecule has 0 atom stereocenters. The van der Waals surface area contributed by atoms with Crippen LogP contribution in [0.1, 0.15) is 41.6 Å². The van der Waals surface area contributed by atoms with Crippen LogP contribution in [-0.4, -0.2) is 40.0 Å². The van der Waals surface area contributed by atoms with E-state index in [1.165, 1.54) is 36.8 Å². The number of thiazole rings is 1. The van der Waals surface area contributed by atoms with E-state index in [1.807, 2.05) is 6.07 Å². The highest BCUT2D eigenvalue weighted by atomic mass is 32.1. The van der Waals surface area contributed by atoms with Gasteiger partial charge in [0.25, 0.3) is 5.91 Å². The van der Waals surface area contributed by atoms with Crippen LogP contribution in [0.4, 0.5) is 5.13 Å². The van der Waals surface area contributed by atoms with Gasteiger partial charge in [-0.3, -0.25) is 10.1 Å². The molecule has 0 aliphatic heterocycles. The number of hydrogen-bond acceptors (Lipinski definition) is 7. The summed E-state index contributed by atoms with van der Waals surface area (Å²) >= 11 is 1.31. The Labute approximate surface area is 163 Å². The van der Waals surface area contributed by atoms with Gasteiger partial charge >= 0.3 is 11.9 Å². The molecular weight excluding hydrogens is 382 g/mol. The molecule has 0 saturated heterocycles. The van der Waals surface area contributed by atoms with Crippen molar-refractivity contribution in [2.75, 3.05) is 12.4 Å². The van der Waals surface area contributed by atoms with Crippen LogP contribution in [-0.2, 0) is 11.2 Å². The number of benzene rings is 1. The molecule has 1 amide bonds. The van der Waals surface area contributed by atoms with Gasteiger partial charge in [0.2, 0.25) is 0 Å². The summed E-state index contributed by atoms with van der Waals surface area (Å²) in [6.45, 7) is 0. The lowest BCUT2D eigenvalue weighted by Gasteiger charge is -2.03. The van der Waals surface area contributed by atoms with Gasteiger partial charge in [-0.2, -0.15) is 0 Å². The number of aromatic nitrogens is 2. The minimum atomic E-state index is -1.16. The standard InChI is InChI=1S/C19H15N3O5S/c1-27-18(26)12-4-2-3-11(7-12)8-14-10-21-19(28-14)22-16(23)13-5-6-15(17(24)25)20-9-13/h2-7,9-10H,8H2,1H3,(H,24,25)(H,21,22,23). The van der Waals surface area contributed by atoms with Crippen LogP contribution < -0.4 is 5.32 Å². The van der Waals surface area contributed by atoms with Crippen LogP contribution in [0.2, 0.25) is 0 Å². The number of pyridine rings is 1. The molecule has 0 radical (unpaired) electrons. The average Bonchev–Trinajstić information content (AvgIpc) is 3.14. The number of anilines is 1. The minimum absolute atomic E-state index is 0.137. The Hall–Kier alpha value is -3.59. The lowest BCUT2D eigenvalue weighted by atomic mass is 10.1. The second-order valence-corrected chi connectivity index (χ2v) is 6.81. The lowest BCUT2D eigenvalue weighted by Crippen LogP contribution is -2.12. The van der Waals surface area contributed by atoms with E-state index < -0.39 is 17.8 Å². The number of esters is 1. The van der Waals surface area contributed by atoms with Gasteiger partial charge in [0.15, 0.2) is 5.13 Å². The predicted molar refractivity (Wildman–Crippen MR) is 102 cm³/mol. The van der Waals surface area contributed by atoms with E-state index >= 15 is 0 Å². The first-order valence-electron chi connectivity index (χ1n) is 8.09. The topological polar surface area (TPSA) is 118 Å². The number of carboxylic acids is 1. The molecule has 8 nitrogen and oxygen atoms in total. The number of hydrogen-bond donors (Lipinski definition) is 2. The van der Waals surface area contributed by atoms with Crippen molar-refractivity contribution in [1.29, 1.82) is 0 Å². The van der Waals surface area contributed by atoms with E-state index in [1.54, 1.807) is 24.4 Å². The van der Waals surface area contributed by atoms with Crippen molar-refractivity contribution in [2.45, 2.75) is 6.42 Å². The van der Waals surface area contributed by atoms with Crippen LogP contribution in [0, 0.1) is 0 Å². The third kappa shape index (κ3) is 4.57. The Balaban J connectivity index is 1.66. The third-order valence-corrected chi connectivity index (χ3v) is 4.66. The molecule has 0 spiro atoms. The van der Waals surface area contributed by atoms with Crippen LogP contribution in [0.25, 0.3) is 0 Å². The number of nitrogens with one attached hydrogen (secondary N) is 1. The Morgan fingerprint density at radius 2 is 1.93 bits per heavy atom. The number of methoxy groups -OCH3 is 1. The molecule has 28 heavy (non-hydrogen) atoms. The largest absolute Gasteiger partial charge is 0.477 e. The maximum Gasteiger partial charge on any atom is 0.354 e. The minimum Gasteiger partial charge on any atom is -0.477 e. The fraction of sp³-hybridized carbons (Fsp3) is 0.105. The molecule has 3 aromatic rings. The fourth-order valence-corrected chi connectivity index (χ4v) is 3.24. The molecule has 0 fully saturated rings. The smallest absolute Gasteiger partial charge is 0.354 e. The number of rotatable bonds is 6. The summed E-state index contributed by atoms with van der Waals surface area (Å²) in [5.74, 6) is -1.99. The quantitative estimate of drug-likeness (QED) is 0.614. The second-order valence-electron chi connectivity index (χ2n) is 5.69. The van der Waals surface area contributed by atoms with Crippen molar-refractivity contribution in [1.82, 2.24) is 9.97 Å². The fourth-order valence-electron chi connectivity index (χ4n) is 2.40. The van der Waals surface area contributed by atoms with Gasteiger partial charge in [0, 0.05) is 23.7 Å². The van der Waals surface area contributed by atoms with Crippen LogP contribution >= 0.6 is 11.3 Å². The summed E-state index contributed by atoms with van der Waals surface area (Å²) in [6, 6.07) is 9.74.